The van der Waals surface area contributed by atoms with Gasteiger partial charge in [0.05, 0.1) is 0 Å². The second kappa shape index (κ2) is 7.25. The molecule has 0 spiro atoms. The van der Waals surface area contributed by atoms with E-state index < -0.39 is 0 Å². The number of allylic oxidation sites excluding steroid dienone is 5. The fourth-order valence-electron chi connectivity index (χ4n) is 2.11. The zero-order valence-corrected chi connectivity index (χ0v) is 13.1. The van der Waals surface area contributed by atoms with Crippen molar-refractivity contribution in [1.29, 1.82) is 0 Å². The molecule has 0 fully saturated rings. The highest BCUT2D eigenvalue weighted by Gasteiger charge is 2.11. The summed E-state index contributed by atoms with van der Waals surface area (Å²) in [6.07, 6.45) is 11.9. The number of carbonyl (C=O) groups is 1. The van der Waals surface area contributed by atoms with Gasteiger partial charge >= 0.3 is 0 Å². The summed E-state index contributed by atoms with van der Waals surface area (Å²) in [5.74, 6) is -0.0127. The average molecular weight is 332 g/mol. The largest absolute Gasteiger partial charge is 0.348 e. The molecule has 1 aromatic rings. The molecule has 0 bridgehead atoms. The van der Waals surface area contributed by atoms with E-state index in [2.05, 4.69) is 40.3 Å². The van der Waals surface area contributed by atoms with E-state index in [-0.39, 0.29) is 5.91 Å². The molecule has 0 atom stereocenters. The lowest BCUT2D eigenvalue weighted by molar-refractivity contribution is 0.0956. The first-order chi connectivity index (χ1) is 9.70. The summed E-state index contributed by atoms with van der Waals surface area (Å²) in [7, 11) is 0. The fraction of sp³-hybridized carbons (Fsp3) is 0.235. The monoisotopic (exact) mass is 331 g/mol. The van der Waals surface area contributed by atoms with Crippen molar-refractivity contribution >= 4 is 21.8 Å². The van der Waals surface area contributed by atoms with Crippen LogP contribution in [0.2, 0.25) is 0 Å². The van der Waals surface area contributed by atoms with Crippen molar-refractivity contribution in [2.45, 2.75) is 19.8 Å². The molecule has 2 rings (SSSR count). The van der Waals surface area contributed by atoms with Crippen molar-refractivity contribution in [2.24, 2.45) is 0 Å². The molecule has 1 N–H and O–H groups in total. The van der Waals surface area contributed by atoms with E-state index >= 15 is 0 Å². The van der Waals surface area contributed by atoms with Crippen molar-refractivity contribution in [3.05, 3.63) is 69.8 Å². The molecule has 0 radical (unpaired) electrons. The van der Waals surface area contributed by atoms with Crippen molar-refractivity contribution < 1.29 is 4.79 Å². The number of amides is 1. The Kier molecular flexibility index (Phi) is 5.36. The zero-order valence-electron chi connectivity index (χ0n) is 11.5. The second-order valence-corrected chi connectivity index (χ2v) is 5.60. The van der Waals surface area contributed by atoms with Gasteiger partial charge in [0.1, 0.15) is 0 Å². The van der Waals surface area contributed by atoms with E-state index in [4.69, 9.17) is 0 Å². The van der Waals surface area contributed by atoms with Crippen molar-refractivity contribution in [1.82, 2.24) is 5.32 Å². The van der Waals surface area contributed by atoms with Crippen LogP contribution in [0.1, 0.15) is 29.3 Å². The third-order valence-corrected chi connectivity index (χ3v) is 3.74. The molecule has 2 nitrogen and oxygen atoms in total. The van der Waals surface area contributed by atoms with Gasteiger partial charge in [-0.05, 0) is 36.1 Å². The van der Waals surface area contributed by atoms with E-state index in [0.717, 1.165) is 28.4 Å². The summed E-state index contributed by atoms with van der Waals surface area (Å²) in [4.78, 5) is 12.3. The predicted octanol–water partition coefficient (Wildman–Crippen LogP) is 4.18. The Morgan fingerprint density at radius 3 is 2.95 bits per heavy atom. The Balaban J connectivity index is 2.05. The number of halogens is 1. The summed E-state index contributed by atoms with van der Waals surface area (Å²) in [6, 6.07) is 5.85. The minimum absolute atomic E-state index is 0.0127. The summed E-state index contributed by atoms with van der Waals surface area (Å²) < 4.78 is 0.930. The molecule has 1 aliphatic carbocycles. The van der Waals surface area contributed by atoms with Crippen LogP contribution in [0.25, 0.3) is 0 Å². The summed E-state index contributed by atoms with van der Waals surface area (Å²) >= 11 is 3.42. The second-order valence-electron chi connectivity index (χ2n) is 4.68. The van der Waals surface area contributed by atoms with E-state index in [1.165, 1.54) is 5.57 Å². The SMILES string of the molecule is CCc1ccc(Br)cc1C(=O)NCC1=CC=CC=CC1. The summed E-state index contributed by atoms with van der Waals surface area (Å²) in [6.45, 7) is 2.65. The number of hydrogen-bond acceptors (Lipinski definition) is 1. The van der Waals surface area contributed by atoms with Gasteiger partial charge in [-0.25, -0.2) is 0 Å². The van der Waals surface area contributed by atoms with Gasteiger partial charge < -0.3 is 5.32 Å². The topological polar surface area (TPSA) is 29.1 Å². The normalized spacial score (nSPS) is 13.8. The van der Waals surface area contributed by atoms with Crippen LogP contribution in [-0.2, 0) is 6.42 Å². The molecule has 3 heteroatoms. The standard InChI is InChI=1S/C17H18BrNO/c1-2-14-9-10-15(18)11-16(14)17(20)19-12-13-7-5-3-4-6-8-13/h3-7,9-11H,2,8,12H2,1H3,(H,19,20). The lowest BCUT2D eigenvalue weighted by atomic mass is 10.0. The highest BCUT2D eigenvalue weighted by atomic mass is 79.9. The molecular formula is C17H18BrNO. The van der Waals surface area contributed by atoms with Gasteiger partial charge in [0.15, 0.2) is 0 Å². The van der Waals surface area contributed by atoms with E-state index in [1.54, 1.807) is 0 Å². The Labute approximate surface area is 128 Å². The van der Waals surface area contributed by atoms with Crippen LogP contribution in [0, 0.1) is 0 Å². The highest BCUT2D eigenvalue weighted by molar-refractivity contribution is 9.10. The number of hydrogen-bond donors (Lipinski definition) is 1. The molecular weight excluding hydrogens is 314 g/mol. The smallest absolute Gasteiger partial charge is 0.251 e. The third kappa shape index (κ3) is 3.94. The van der Waals surface area contributed by atoms with Gasteiger partial charge in [-0.2, -0.15) is 0 Å². The van der Waals surface area contributed by atoms with Gasteiger partial charge in [0.25, 0.3) is 5.91 Å². The summed E-state index contributed by atoms with van der Waals surface area (Å²) in [5.41, 5.74) is 3.03. The van der Waals surface area contributed by atoms with Crippen LogP contribution < -0.4 is 5.32 Å². The molecule has 1 aliphatic rings. The van der Waals surface area contributed by atoms with Gasteiger partial charge in [-0.15, -0.1) is 0 Å². The minimum atomic E-state index is -0.0127. The van der Waals surface area contributed by atoms with Crippen LogP contribution in [0.5, 0.6) is 0 Å². The maximum atomic E-state index is 12.3. The number of benzene rings is 1. The molecule has 0 saturated heterocycles. The molecule has 1 aromatic carbocycles. The maximum Gasteiger partial charge on any atom is 0.251 e. The highest BCUT2D eigenvalue weighted by Crippen LogP contribution is 2.17. The first-order valence-corrected chi connectivity index (χ1v) is 7.58. The van der Waals surface area contributed by atoms with Gasteiger partial charge in [-0.3, -0.25) is 4.79 Å². The Bertz CT molecular complexity index is 585. The first-order valence-electron chi connectivity index (χ1n) is 6.78. The summed E-state index contributed by atoms with van der Waals surface area (Å²) in [5, 5.41) is 3.00. The molecule has 104 valence electrons. The Hall–Kier alpha value is -1.61. The number of carbonyl (C=O) groups excluding carboxylic acids is 1. The quantitative estimate of drug-likeness (QED) is 0.880. The molecule has 0 heterocycles. The fourth-order valence-corrected chi connectivity index (χ4v) is 2.47. The molecule has 20 heavy (non-hydrogen) atoms. The zero-order chi connectivity index (χ0) is 14.4. The predicted molar refractivity (Wildman–Crippen MR) is 86.8 cm³/mol. The van der Waals surface area contributed by atoms with E-state index in [9.17, 15) is 4.79 Å². The maximum absolute atomic E-state index is 12.3. The van der Waals surface area contributed by atoms with Crippen molar-refractivity contribution in [3.8, 4) is 0 Å². The number of rotatable bonds is 4. The van der Waals surface area contributed by atoms with Gasteiger partial charge in [0.2, 0.25) is 0 Å². The van der Waals surface area contributed by atoms with Crippen LogP contribution in [-0.4, -0.2) is 12.5 Å². The molecule has 0 saturated carbocycles. The third-order valence-electron chi connectivity index (χ3n) is 3.24. The van der Waals surface area contributed by atoms with Crippen LogP contribution >= 0.6 is 15.9 Å². The number of aryl methyl sites for hydroxylation is 1. The molecule has 0 aliphatic heterocycles. The Morgan fingerprint density at radius 2 is 2.15 bits per heavy atom. The average Bonchev–Trinajstić information content (AvgIpc) is 2.73. The van der Waals surface area contributed by atoms with Crippen molar-refractivity contribution in [2.75, 3.05) is 6.54 Å². The van der Waals surface area contributed by atoms with E-state index in [0.29, 0.717) is 6.54 Å². The lowest BCUT2D eigenvalue weighted by Crippen LogP contribution is -2.26. The van der Waals surface area contributed by atoms with Gasteiger partial charge in [0, 0.05) is 16.6 Å². The molecule has 0 unspecified atom stereocenters. The number of nitrogens with one attached hydrogen (secondary N) is 1. The lowest BCUT2D eigenvalue weighted by Gasteiger charge is -2.10. The van der Waals surface area contributed by atoms with Crippen LogP contribution in [0.15, 0.2) is 58.6 Å². The minimum Gasteiger partial charge on any atom is -0.348 e. The Morgan fingerprint density at radius 1 is 1.30 bits per heavy atom. The molecule has 0 aromatic heterocycles. The van der Waals surface area contributed by atoms with Crippen molar-refractivity contribution in [3.63, 3.8) is 0 Å². The van der Waals surface area contributed by atoms with E-state index in [1.807, 2.05) is 36.4 Å². The van der Waals surface area contributed by atoms with Crippen LogP contribution in [0.4, 0.5) is 0 Å². The van der Waals surface area contributed by atoms with Crippen LogP contribution in [0.3, 0.4) is 0 Å². The molecule has 1 amide bonds. The van der Waals surface area contributed by atoms with Gasteiger partial charge in [-0.1, -0.05) is 59.3 Å². The first kappa shape index (κ1) is 14.8.